The van der Waals surface area contributed by atoms with Crippen LogP contribution in [0.5, 0.6) is 0 Å². The van der Waals surface area contributed by atoms with Gasteiger partial charge in [0.2, 0.25) is 0 Å². The second-order valence-electron chi connectivity index (χ2n) is 7.28. The number of fused-ring (bicyclic) bond motifs is 1. The average Bonchev–Trinajstić information content (AvgIpc) is 3.36. The number of halogens is 1. The third-order valence-corrected chi connectivity index (χ3v) is 5.29. The topological polar surface area (TPSA) is 73.5 Å². The quantitative estimate of drug-likeness (QED) is 0.561. The van der Waals surface area contributed by atoms with Crippen LogP contribution in [0.1, 0.15) is 25.1 Å². The van der Waals surface area contributed by atoms with E-state index in [9.17, 15) is 4.39 Å². The molecule has 0 amide bonds. The number of benzene rings is 2. The average molecular weight is 376 g/mol. The van der Waals surface area contributed by atoms with E-state index in [0.717, 1.165) is 53.2 Å². The van der Waals surface area contributed by atoms with Crippen LogP contribution in [0.4, 0.5) is 4.39 Å². The molecule has 0 spiro atoms. The van der Waals surface area contributed by atoms with Crippen molar-refractivity contribution in [3.05, 3.63) is 54.1 Å². The molecule has 7 heteroatoms. The Kier molecular flexibility index (Phi) is 4.37. The first-order chi connectivity index (χ1) is 13.8. The van der Waals surface area contributed by atoms with E-state index >= 15 is 0 Å². The molecule has 1 aliphatic rings. The van der Waals surface area contributed by atoms with E-state index in [4.69, 9.17) is 4.98 Å². The maximum atomic E-state index is 13.2. The van der Waals surface area contributed by atoms with Gasteiger partial charge in [-0.25, -0.2) is 9.37 Å². The molecule has 2 aromatic carbocycles. The number of H-pyrrole nitrogens is 2. The highest BCUT2D eigenvalue weighted by Gasteiger charge is 2.15. The van der Waals surface area contributed by atoms with Crippen LogP contribution in [-0.2, 0) is 6.54 Å². The van der Waals surface area contributed by atoms with E-state index in [2.05, 4.69) is 25.3 Å². The molecule has 1 saturated heterocycles. The summed E-state index contributed by atoms with van der Waals surface area (Å²) >= 11 is 0. The molecule has 0 unspecified atom stereocenters. The number of hydrogen-bond donors (Lipinski definition) is 2. The van der Waals surface area contributed by atoms with Crippen LogP contribution in [0.15, 0.2) is 42.5 Å². The van der Waals surface area contributed by atoms with Gasteiger partial charge in [-0.1, -0.05) is 6.42 Å². The van der Waals surface area contributed by atoms with Crippen LogP contribution in [0.25, 0.3) is 33.5 Å². The highest BCUT2D eigenvalue weighted by Crippen LogP contribution is 2.29. The van der Waals surface area contributed by atoms with Gasteiger partial charge < -0.3 is 0 Å². The van der Waals surface area contributed by atoms with Crippen LogP contribution >= 0.6 is 0 Å². The number of likely N-dealkylation sites (tertiary alicyclic amines) is 1. The van der Waals surface area contributed by atoms with Gasteiger partial charge in [-0.2, -0.15) is 10.2 Å². The lowest BCUT2D eigenvalue weighted by atomic mass is 10.1. The predicted molar refractivity (Wildman–Crippen MR) is 106 cm³/mol. The van der Waals surface area contributed by atoms with Crippen LogP contribution in [0.2, 0.25) is 0 Å². The molecule has 5 rings (SSSR count). The van der Waals surface area contributed by atoms with Crippen molar-refractivity contribution >= 4 is 10.9 Å². The molecule has 1 aliphatic heterocycles. The van der Waals surface area contributed by atoms with Crippen molar-refractivity contribution in [2.45, 2.75) is 25.8 Å². The van der Waals surface area contributed by atoms with Gasteiger partial charge in [-0.15, -0.1) is 0 Å². The Labute approximate surface area is 161 Å². The third kappa shape index (κ3) is 3.29. The monoisotopic (exact) mass is 376 g/mol. The van der Waals surface area contributed by atoms with E-state index in [1.807, 2.05) is 18.2 Å². The number of hydrogen-bond acceptors (Lipinski definition) is 4. The fraction of sp³-hybridized carbons (Fsp3) is 0.286. The summed E-state index contributed by atoms with van der Waals surface area (Å²) in [6.07, 6.45) is 3.83. The summed E-state index contributed by atoms with van der Waals surface area (Å²) in [6.45, 7) is 3.05. The summed E-state index contributed by atoms with van der Waals surface area (Å²) in [6, 6.07) is 12.4. The Bertz CT molecular complexity index is 1090. The van der Waals surface area contributed by atoms with Crippen LogP contribution in [0, 0.1) is 5.82 Å². The zero-order valence-corrected chi connectivity index (χ0v) is 15.5. The standard InChI is InChI=1S/C21H21FN6/c22-16-7-4-14(5-8-16)20-17-12-15(6-9-18(17)24-26-20)21-23-19(25-27-21)13-28-10-2-1-3-11-28/h4-9,12H,1-3,10-11,13H2,(H,24,26)(H,23,25,27). The van der Waals surface area contributed by atoms with Gasteiger partial charge in [-0.05, 0) is 68.4 Å². The molecule has 3 heterocycles. The van der Waals surface area contributed by atoms with Crippen molar-refractivity contribution in [2.24, 2.45) is 0 Å². The van der Waals surface area contributed by atoms with Gasteiger partial charge in [-0.3, -0.25) is 15.1 Å². The first-order valence-corrected chi connectivity index (χ1v) is 9.64. The SMILES string of the molecule is Fc1ccc(-c2n[nH]c3ccc(-c4n[nH]c(CN5CCCCC5)n4)cc23)cc1. The Morgan fingerprint density at radius 1 is 0.893 bits per heavy atom. The molecule has 0 atom stereocenters. The molecule has 28 heavy (non-hydrogen) atoms. The molecule has 0 bridgehead atoms. The largest absolute Gasteiger partial charge is 0.296 e. The maximum Gasteiger partial charge on any atom is 0.181 e. The summed E-state index contributed by atoms with van der Waals surface area (Å²) in [5, 5.41) is 15.9. The number of aromatic amines is 2. The number of rotatable bonds is 4. The van der Waals surface area contributed by atoms with Gasteiger partial charge in [0.25, 0.3) is 0 Å². The smallest absolute Gasteiger partial charge is 0.181 e. The molecule has 0 saturated carbocycles. The molecular weight excluding hydrogens is 355 g/mol. The van der Waals surface area contributed by atoms with Crippen molar-refractivity contribution < 1.29 is 4.39 Å². The summed E-state index contributed by atoms with van der Waals surface area (Å²) < 4.78 is 13.2. The number of aromatic nitrogens is 5. The summed E-state index contributed by atoms with van der Waals surface area (Å²) in [7, 11) is 0. The van der Waals surface area contributed by atoms with E-state index in [0.29, 0.717) is 5.82 Å². The number of nitrogens with one attached hydrogen (secondary N) is 2. The molecular formula is C21H21FN6. The zero-order chi connectivity index (χ0) is 18.9. The Morgan fingerprint density at radius 3 is 2.50 bits per heavy atom. The minimum absolute atomic E-state index is 0.258. The Balaban J connectivity index is 1.45. The second-order valence-corrected chi connectivity index (χ2v) is 7.28. The van der Waals surface area contributed by atoms with E-state index in [1.165, 1.54) is 31.4 Å². The lowest BCUT2D eigenvalue weighted by Crippen LogP contribution is -2.29. The van der Waals surface area contributed by atoms with Crippen molar-refractivity contribution in [3.63, 3.8) is 0 Å². The molecule has 1 fully saturated rings. The molecule has 6 nitrogen and oxygen atoms in total. The molecule has 4 aromatic rings. The van der Waals surface area contributed by atoms with Gasteiger partial charge >= 0.3 is 0 Å². The summed E-state index contributed by atoms with van der Waals surface area (Å²) in [5.74, 6) is 1.31. The fourth-order valence-electron chi connectivity index (χ4n) is 3.81. The normalized spacial score (nSPS) is 15.3. The summed E-state index contributed by atoms with van der Waals surface area (Å²) in [5.41, 5.74) is 3.51. The fourth-order valence-corrected chi connectivity index (χ4v) is 3.81. The maximum absolute atomic E-state index is 13.2. The van der Waals surface area contributed by atoms with Crippen LogP contribution in [-0.4, -0.2) is 43.4 Å². The van der Waals surface area contributed by atoms with E-state index in [-0.39, 0.29) is 5.82 Å². The van der Waals surface area contributed by atoms with Crippen molar-refractivity contribution in [2.75, 3.05) is 13.1 Å². The molecule has 142 valence electrons. The first-order valence-electron chi connectivity index (χ1n) is 9.64. The van der Waals surface area contributed by atoms with Gasteiger partial charge in [0, 0.05) is 16.5 Å². The third-order valence-electron chi connectivity index (χ3n) is 5.29. The second kappa shape index (κ2) is 7.16. The molecule has 2 N–H and O–H groups in total. The van der Waals surface area contributed by atoms with E-state index < -0.39 is 0 Å². The first kappa shape index (κ1) is 17.1. The number of piperidine rings is 1. The highest BCUT2D eigenvalue weighted by molar-refractivity contribution is 5.95. The van der Waals surface area contributed by atoms with Gasteiger partial charge in [0.15, 0.2) is 5.82 Å². The van der Waals surface area contributed by atoms with Crippen molar-refractivity contribution in [3.8, 4) is 22.6 Å². The minimum atomic E-state index is -0.258. The predicted octanol–water partition coefficient (Wildman–Crippen LogP) is 4.14. The molecule has 0 radical (unpaired) electrons. The van der Waals surface area contributed by atoms with Gasteiger partial charge in [0.05, 0.1) is 17.8 Å². The lowest BCUT2D eigenvalue weighted by molar-refractivity contribution is 0.216. The molecule has 2 aromatic heterocycles. The summed E-state index contributed by atoms with van der Waals surface area (Å²) in [4.78, 5) is 7.11. The minimum Gasteiger partial charge on any atom is -0.296 e. The van der Waals surface area contributed by atoms with E-state index in [1.54, 1.807) is 12.1 Å². The molecule has 0 aliphatic carbocycles. The highest BCUT2D eigenvalue weighted by atomic mass is 19.1. The van der Waals surface area contributed by atoms with Crippen LogP contribution in [0.3, 0.4) is 0 Å². The van der Waals surface area contributed by atoms with Crippen molar-refractivity contribution in [1.29, 1.82) is 0 Å². The van der Waals surface area contributed by atoms with Gasteiger partial charge in [0.1, 0.15) is 11.6 Å². The zero-order valence-electron chi connectivity index (χ0n) is 15.5. The lowest BCUT2D eigenvalue weighted by Gasteiger charge is -2.24. The Morgan fingerprint density at radius 2 is 1.68 bits per heavy atom. The van der Waals surface area contributed by atoms with Crippen LogP contribution < -0.4 is 0 Å². The Hall–Kier alpha value is -3.06. The van der Waals surface area contributed by atoms with Crippen molar-refractivity contribution in [1.82, 2.24) is 30.3 Å². The number of nitrogens with zero attached hydrogens (tertiary/aromatic N) is 4.